The Morgan fingerprint density at radius 1 is 1.26 bits per heavy atom. The summed E-state index contributed by atoms with van der Waals surface area (Å²) < 4.78 is 6.76. The molecule has 2 aromatic rings. The highest BCUT2D eigenvalue weighted by Gasteiger charge is 2.22. The van der Waals surface area contributed by atoms with Crippen LogP contribution in [0.4, 0.5) is 4.79 Å². The van der Waals surface area contributed by atoms with E-state index in [0.29, 0.717) is 5.69 Å². The summed E-state index contributed by atoms with van der Waals surface area (Å²) in [7, 11) is -1.52. The van der Waals surface area contributed by atoms with Gasteiger partial charge in [-0.25, -0.2) is 4.79 Å². The fourth-order valence-electron chi connectivity index (χ4n) is 2.02. The Balaban J connectivity index is 2.59. The number of carbonyl (C=O) groups excluding carboxylic acids is 1. The number of hydrogen-bond acceptors (Lipinski definition) is 3. The molecule has 0 N–H and O–H groups in total. The van der Waals surface area contributed by atoms with E-state index in [0.717, 1.165) is 16.5 Å². The molecule has 5 heteroatoms. The minimum absolute atomic E-state index is 0.479. The van der Waals surface area contributed by atoms with Crippen LogP contribution in [-0.2, 0) is 4.74 Å². The van der Waals surface area contributed by atoms with Gasteiger partial charge in [0.15, 0.2) is 0 Å². The van der Waals surface area contributed by atoms with Gasteiger partial charge in [0.25, 0.3) is 0 Å². The van der Waals surface area contributed by atoms with Gasteiger partial charge in [-0.05, 0) is 39.8 Å². The Morgan fingerprint density at radius 3 is 2.48 bits per heavy atom. The molecule has 4 nitrogen and oxygen atoms in total. The average molecular weight is 328 g/mol. The smallest absolute Gasteiger partial charge is 0.435 e. The quantitative estimate of drug-likeness (QED) is 0.533. The molecule has 0 unspecified atom stereocenters. The van der Waals surface area contributed by atoms with Crippen LogP contribution < -0.4 is 0 Å². The van der Waals surface area contributed by atoms with Gasteiger partial charge in [-0.2, -0.15) is 9.78 Å². The monoisotopic (exact) mass is 328 g/mol. The molecule has 0 saturated heterocycles. The van der Waals surface area contributed by atoms with E-state index >= 15 is 0 Å². The second-order valence-electron chi connectivity index (χ2n) is 7.76. The number of hydrogen-bond donors (Lipinski definition) is 0. The van der Waals surface area contributed by atoms with Gasteiger partial charge in [-0.1, -0.05) is 37.2 Å². The summed E-state index contributed by atoms with van der Waals surface area (Å²) in [5.74, 6) is 3.16. The molecule has 0 fully saturated rings. The lowest BCUT2D eigenvalue weighted by Gasteiger charge is -2.19. The van der Waals surface area contributed by atoms with Crippen molar-refractivity contribution in [1.82, 2.24) is 9.78 Å². The predicted octanol–water partition coefficient (Wildman–Crippen LogP) is 4.36. The summed E-state index contributed by atoms with van der Waals surface area (Å²) in [6, 6.07) is 5.86. The van der Waals surface area contributed by atoms with Gasteiger partial charge in [-0.15, -0.1) is 5.54 Å². The minimum Gasteiger partial charge on any atom is -0.442 e. The number of benzene rings is 1. The first-order valence-electron chi connectivity index (χ1n) is 7.72. The van der Waals surface area contributed by atoms with Gasteiger partial charge < -0.3 is 4.74 Å². The standard InChI is InChI=1S/C18H24N2O2Si/c1-13-8-9-16-14(12-13)15(10-11-23(5,6)7)19-20(16)17(21)22-18(2,3)4/h8-9,12H,1-7H3. The van der Waals surface area contributed by atoms with E-state index in [9.17, 15) is 4.79 Å². The Bertz CT molecular complexity index is 812. The first-order valence-corrected chi connectivity index (χ1v) is 11.2. The molecule has 0 spiro atoms. The number of fused-ring (bicyclic) bond motifs is 1. The molecule has 0 aliphatic rings. The van der Waals surface area contributed by atoms with E-state index in [1.54, 1.807) is 0 Å². The van der Waals surface area contributed by atoms with E-state index in [1.807, 2.05) is 45.9 Å². The van der Waals surface area contributed by atoms with Crippen LogP contribution in [0, 0.1) is 18.4 Å². The highest BCUT2D eigenvalue weighted by molar-refractivity contribution is 6.83. The maximum Gasteiger partial charge on any atom is 0.435 e. The van der Waals surface area contributed by atoms with Crippen molar-refractivity contribution in [2.75, 3.05) is 0 Å². The molecular weight excluding hydrogens is 304 g/mol. The number of ether oxygens (including phenoxy) is 1. The van der Waals surface area contributed by atoms with Gasteiger partial charge >= 0.3 is 6.09 Å². The summed E-state index contributed by atoms with van der Waals surface area (Å²) in [5, 5.41) is 5.30. The summed E-state index contributed by atoms with van der Waals surface area (Å²) in [5.41, 5.74) is 5.22. The molecule has 0 aliphatic carbocycles. The van der Waals surface area contributed by atoms with Crippen molar-refractivity contribution in [2.24, 2.45) is 0 Å². The molecule has 0 aliphatic heterocycles. The van der Waals surface area contributed by atoms with Crippen molar-refractivity contribution in [3.63, 3.8) is 0 Å². The topological polar surface area (TPSA) is 44.1 Å². The summed E-state index contributed by atoms with van der Waals surface area (Å²) in [6.07, 6.45) is -0.479. The van der Waals surface area contributed by atoms with Crippen molar-refractivity contribution < 1.29 is 9.53 Å². The van der Waals surface area contributed by atoms with Crippen molar-refractivity contribution in [1.29, 1.82) is 0 Å². The van der Waals surface area contributed by atoms with Crippen molar-refractivity contribution in [2.45, 2.75) is 52.9 Å². The minimum atomic E-state index is -1.52. The van der Waals surface area contributed by atoms with Gasteiger partial charge in [-0.3, -0.25) is 0 Å². The molecule has 0 saturated carbocycles. The van der Waals surface area contributed by atoms with Gasteiger partial charge in [0.2, 0.25) is 0 Å². The van der Waals surface area contributed by atoms with Crippen LogP contribution in [0.3, 0.4) is 0 Å². The lowest BCUT2D eigenvalue weighted by molar-refractivity contribution is 0.0522. The fourth-order valence-corrected chi connectivity index (χ4v) is 2.51. The highest BCUT2D eigenvalue weighted by atomic mass is 28.3. The molecule has 0 atom stereocenters. The fraction of sp³-hybridized carbons (Fsp3) is 0.444. The van der Waals surface area contributed by atoms with Crippen LogP contribution in [0.15, 0.2) is 18.2 Å². The van der Waals surface area contributed by atoms with E-state index in [2.05, 4.69) is 36.2 Å². The summed E-state index contributed by atoms with van der Waals surface area (Å²) in [6.45, 7) is 14.1. The van der Waals surface area contributed by atoms with Crippen LogP contribution >= 0.6 is 0 Å². The molecular formula is C18H24N2O2Si. The predicted molar refractivity (Wildman–Crippen MR) is 96.3 cm³/mol. The number of aromatic nitrogens is 2. The third-order valence-electron chi connectivity index (χ3n) is 2.96. The maximum absolute atomic E-state index is 12.4. The second kappa shape index (κ2) is 5.86. The maximum atomic E-state index is 12.4. The summed E-state index contributed by atoms with van der Waals surface area (Å²) >= 11 is 0. The van der Waals surface area contributed by atoms with E-state index in [4.69, 9.17) is 4.74 Å². The van der Waals surface area contributed by atoms with E-state index < -0.39 is 19.8 Å². The van der Waals surface area contributed by atoms with Crippen LogP contribution in [0.5, 0.6) is 0 Å². The van der Waals surface area contributed by atoms with E-state index in [1.165, 1.54) is 4.68 Å². The number of aryl methyl sites for hydroxylation is 1. The largest absolute Gasteiger partial charge is 0.442 e. The molecule has 122 valence electrons. The molecule has 0 bridgehead atoms. The average Bonchev–Trinajstić information content (AvgIpc) is 2.71. The first-order chi connectivity index (χ1) is 10.5. The Kier molecular flexibility index (Phi) is 4.40. The van der Waals surface area contributed by atoms with E-state index in [-0.39, 0.29) is 0 Å². The van der Waals surface area contributed by atoms with Gasteiger partial charge in [0, 0.05) is 5.39 Å². The van der Waals surface area contributed by atoms with Crippen LogP contribution in [0.2, 0.25) is 19.6 Å². The lowest BCUT2D eigenvalue weighted by atomic mass is 10.1. The van der Waals surface area contributed by atoms with Crippen molar-refractivity contribution >= 4 is 25.1 Å². The number of nitrogens with zero attached hydrogens (tertiary/aromatic N) is 2. The van der Waals surface area contributed by atoms with Crippen LogP contribution in [0.25, 0.3) is 10.9 Å². The second-order valence-corrected chi connectivity index (χ2v) is 12.5. The zero-order valence-corrected chi connectivity index (χ0v) is 15.9. The zero-order valence-electron chi connectivity index (χ0n) is 14.9. The highest BCUT2D eigenvalue weighted by Crippen LogP contribution is 2.21. The Morgan fingerprint density at radius 2 is 1.91 bits per heavy atom. The Labute approximate surface area is 138 Å². The lowest BCUT2D eigenvalue weighted by Crippen LogP contribution is -2.27. The SMILES string of the molecule is Cc1ccc2c(c1)c(C#C[Si](C)(C)C)nn2C(=O)OC(C)(C)C. The zero-order chi connectivity index (χ0) is 17.4. The normalized spacial score (nSPS) is 12.0. The molecule has 1 aromatic carbocycles. The number of carbonyl (C=O) groups is 1. The van der Waals surface area contributed by atoms with Crippen LogP contribution in [-0.4, -0.2) is 29.5 Å². The third-order valence-corrected chi connectivity index (χ3v) is 3.83. The Hall–Kier alpha value is -2.06. The molecule has 0 radical (unpaired) electrons. The molecule has 23 heavy (non-hydrogen) atoms. The van der Waals surface area contributed by atoms with Crippen molar-refractivity contribution in [3.05, 3.63) is 29.5 Å². The molecule has 0 amide bonds. The van der Waals surface area contributed by atoms with Crippen molar-refractivity contribution in [3.8, 4) is 11.5 Å². The van der Waals surface area contributed by atoms with Gasteiger partial charge in [0.05, 0.1) is 5.52 Å². The number of rotatable bonds is 0. The summed E-state index contributed by atoms with van der Waals surface area (Å²) in [4.78, 5) is 12.4. The molecule has 1 heterocycles. The first kappa shape index (κ1) is 17.3. The van der Waals surface area contributed by atoms with Crippen LogP contribution in [0.1, 0.15) is 32.0 Å². The molecule has 2 rings (SSSR count). The molecule has 1 aromatic heterocycles. The third kappa shape index (κ3) is 4.46. The van der Waals surface area contributed by atoms with Gasteiger partial charge in [0.1, 0.15) is 19.4 Å².